The number of ether oxygens (including phenoxy) is 1. The second-order valence-corrected chi connectivity index (χ2v) is 6.16. The number of nitrogens with zero attached hydrogens (tertiary/aromatic N) is 1. The SMILES string of the molecule is COCC(=O)N1CC[C@@](C)(O)[C@@H](NC(C)=O)[C@@H]1c1ccccc1. The molecule has 1 fully saturated rings. The van der Waals surface area contributed by atoms with E-state index in [1.165, 1.54) is 14.0 Å². The van der Waals surface area contributed by atoms with Crippen LogP contribution < -0.4 is 5.32 Å². The minimum atomic E-state index is -1.10. The Morgan fingerprint density at radius 2 is 2.04 bits per heavy atom. The number of rotatable bonds is 4. The highest BCUT2D eigenvalue weighted by Gasteiger charge is 2.47. The molecule has 0 bridgehead atoms. The highest BCUT2D eigenvalue weighted by Crippen LogP contribution is 2.37. The van der Waals surface area contributed by atoms with Gasteiger partial charge < -0.3 is 20.1 Å². The first kappa shape index (κ1) is 17.4. The highest BCUT2D eigenvalue weighted by atomic mass is 16.5. The number of hydrogen-bond donors (Lipinski definition) is 2. The molecule has 6 nitrogen and oxygen atoms in total. The van der Waals surface area contributed by atoms with Gasteiger partial charge in [-0.2, -0.15) is 0 Å². The fourth-order valence-corrected chi connectivity index (χ4v) is 3.12. The predicted molar refractivity (Wildman–Crippen MR) is 85.6 cm³/mol. The van der Waals surface area contributed by atoms with Crippen LogP contribution >= 0.6 is 0 Å². The highest BCUT2D eigenvalue weighted by molar-refractivity contribution is 5.79. The zero-order valence-corrected chi connectivity index (χ0v) is 13.8. The molecule has 1 aliphatic rings. The van der Waals surface area contributed by atoms with Gasteiger partial charge in [0.2, 0.25) is 11.8 Å². The number of carbonyl (C=O) groups excluding carboxylic acids is 2. The lowest BCUT2D eigenvalue weighted by atomic mass is 9.79. The molecule has 0 spiro atoms. The molecule has 1 saturated heterocycles. The summed E-state index contributed by atoms with van der Waals surface area (Å²) in [6, 6.07) is 8.41. The number of aliphatic hydroxyl groups is 1. The fraction of sp³-hybridized carbons (Fsp3) is 0.529. The number of piperidine rings is 1. The Morgan fingerprint density at radius 1 is 1.39 bits per heavy atom. The Balaban J connectivity index is 2.44. The third-order valence-corrected chi connectivity index (χ3v) is 4.27. The van der Waals surface area contributed by atoms with Gasteiger partial charge in [0, 0.05) is 20.6 Å². The van der Waals surface area contributed by atoms with Crippen molar-refractivity contribution in [3.63, 3.8) is 0 Å². The monoisotopic (exact) mass is 320 g/mol. The quantitative estimate of drug-likeness (QED) is 0.862. The molecule has 23 heavy (non-hydrogen) atoms. The van der Waals surface area contributed by atoms with Crippen molar-refractivity contribution in [2.45, 2.75) is 38.0 Å². The van der Waals surface area contributed by atoms with E-state index in [9.17, 15) is 14.7 Å². The van der Waals surface area contributed by atoms with Crippen molar-refractivity contribution < 1.29 is 19.4 Å². The standard InChI is InChI=1S/C17H24N2O4/c1-12(20)18-16-15(13-7-5-4-6-8-13)19(14(21)11-23-3)10-9-17(16,2)22/h4-8,15-16,22H,9-11H2,1-3H3,(H,18,20)/t15-,16-,17+/m0/s1. The molecular formula is C17H24N2O4. The van der Waals surface area contributed by atoms with E-state index >= 15 is 0 Å². The van der Waals surface area contributed by atoms with Gasteiger partial charge in [0.15, 0.2) is 0 Å². The van der Waals surface area contributed by atoms with Gasteiger partial charge in [-0.15, -0.1) is 0 Å². The molecule has 0 aromatic heterocycles. The molecule has 0 radical (unpaired) electrons. The maximum absolute atomic E-state index is 12.4. The average molecular weight is 320 g/mol. The van der Waals surface area contributed by atoms with Gasteiger partial charge in [-0.3, -0.25) is 9.59 Å². The van der Waals surface area contributed by atoms with Gasteiger partial charge in [-0.05, 0) is 18.9 Å². The molecule has 2 amide bonds. The smallest absolute Gasteiger partial charge is 0.249 e. The number of carbonyl (C=O) groups is 2. The van der Waals surface area contributed by atoms with Crippen molar-refractivity contribution >= 4 is 11.8 Å². The third-order valence-electron chi connectivity index (χ3n) is 4.27. The van der Waals surface area contributed by atoms with E-state index in [0.717, 1.165) is 5.56 Å². The van der Waals surface area contributed by atoms with Crippen LogP contribution in [0.25, 0.3) is 0 Å². The zero-order chi connectivity index (χ0) is 17.0. The van der Waals surface area contributed by atoms with Crippen LogP contribution in [0.4, 0.5) is 0 Å². The predicted octanol–water partition coefficient (Wildman–Crippen LogP) is 0.862. The van der Waals surface area contributed by atoms with E-state index in [0.29, 0.717) is 13.0 Å². The molecule has 1 aliphatic heterocycles. The van der Waals surface area contributed by atoms with E-state index in [-0.39, 0.29) is 18.4 Å². The van der Waals surface area contributed by atoms with Crippen LogP contribution in [-0.4, -0.2) is 53.7 Å². The first-order valence-corrected chi connectivity index (χ1v) is 7.69. The van der Waals surface area contributed by atoms with Crippen molar-refractivity contribution in [1.29, 1.82) is 0 Å². The van der Waals surface area contributed by atoms with Crippen molar-refractivity contribution in [1.82, 2.24) is 10.2 Å². The van der Waals surface area contributed by atoms with Gasteiger partial charge in [-0.1, -0.05) is 30.3 Å². The maximum atomic E-state index is 12.4. The molecule has 0 unspecified atom stereocenters. The molecule has 1 aromatic carbocycles. The van der Waals surface area contributed by atoms with Crippen molar-refractivity contribution in [2.24, 2.45) is 0 Å². The molecule has 3 atom stereocenters. The normalized spacial score (nSPS) is 27.6. The van der Waals surface area contributed by atoms with Crippen molar-refractivity contribution in [3.8, 4) is 0 Å². The Bertz CT molecular complexity index is 559. The number of benzene rings is 1. The van der Waals surface area contributed by atoms with E-state index in [4.69, 9.17) is 4.74 Å². The Kier molecular flexibility index (Phi) is 5.38. The molecule has 126 valence electrons. The Morgan fingerprint density at radius 3 is 2.61 bits per heavy atom. The molecule has 0 aliphatic carbocycles. The molecule has 6 heteroatoms. The zero-order valence-electron chi connectivity index (χ0n) is 13.8. The van der Waals surface area contributed by atoms with E-state index < -0.39 is 17.7 Å². The summed E-state index contributed by atoms with van der Waals surface area (Å²) in [6.45, 7) is 3.48. The topological polar surface area (TPSA) is 78.9 Å². The summed E-state index contributed by atoms with van der Waals surface area (Å²) >= 11 is 0. The number of hydrogen-bond acceptors (Lipinski definition) is 4. The maximum Gasteiger partial charge on any atom is 0.249 e. The van der Waals surface area contributed by atoms with E-state index in [1.807, 2.05) is 30.3 Å². The number of nitrogens with one attached hydrogen (secondary N) is 1. The van der Waals surface area contributed by atoms with Gasteiger partial charge >= 0.3 is 0 Å². The van der Waals surface area contributed by atoms with Crippen LogP contribution in [0.2, 0.25) is 0 Å². The third kappa shape index (κ3) is 3.89. The summed E-state index contributed by atoms with van der Waals surface area (Å²) in [5.41, 5.74) is -0.230. The second-order valence-electron chi connectivity index (χ2n) is 6.16. The van der Waals surface area contributed by atoms with Crippen LogP contribution in [0, 0.1) is 0 Å². The van der Waals surface area contributed by atoms with Gasteiger partial charge in [0.25, 0.3) is 0 Å². The summed E-state index contributed by atoms with van der Waals surface area (Å²) in [6.07, 6.45) is 0.386. The first-order valence-electron chi connectivity index (χ1n) is 7.69. The van der Waals surface area contributed by atoms with Crippen LogP contribution in [0.5, 0.6) is 0 Å². The van der Waals surface area contributed by atoms with Crippen LogP contribution in [0.1, 0.15) is 31.9 Å². The summed E-state index contributed by atoms with van der Waals surface area (Å²) in [5, 5.41) is 13.6. The summed E-state index contributed by atoms with van der Waals surface area (Å²) < 4.78 is 4.97. The first-order chi connectivity index (χ1) is 10.9. The van der Waals surface area contributed by atoms with Crippen LogP contribution in [0.3, 0.4) is 0 Å². The molecule has 2 rings (SSSR count). The number of likely N-dealkylation sites (tertiary alicyclic amines) is 1. The summed E-state index contributed by atoms with van der Waals surface area (Å²) in [5.74, 6) is -0.399. The van der Waals surface area contributed by atoms with E-state index in [1.54, 1.807) is 11.8 Å². The molecule has 1 aromatic rings. The van der Waals surface area contributed by atoms with Crippen molar-refractivity contribution in [3.05, 3.63) is 35.9 Å². The number of amides is 2. The van der Waals surface area contributed by atoms with Gasteiger partial charge in [0.05, 0.1) is 17.7 Å². The molecule has 2 N–H and O–H groups in total. The van der Waals surface area contributed by atoms with Crippen molar-refractivity contribution in [2.75, 3.05) is 20.3 Å². The lowest BCUT2D eigenvalue weighted by Crippen LogP contribution is -2.63. The molecule has 0 saturated carbocycles. The van der Waals surface area contributed by atoms with Gasteiger partial charge in [0.1, 0.15) is 6.61 Å². The Labute approximate surface area is 136 Å². The fourth-order valence-electron chi connectivity index (χ4n) is 3.12. The summed E-state index contributed by atoms with van der Waals surface area (Å²) in [4.78, 5) is 25.7. The van der Waals surface area contributed by atoms with E-state index in [2.05, 4.69) is 5.32 Å². The lowest BCUT2D eigenvalue weighted by molar-refractivity contribution is -0.149. The van der Waals surface area contributed by atoms with Crippen LogP contribution in [0.15, 0.2) is 30.3 Å². The molecule has 1 heterocycles. The second kappa shape index (κ2) is 7.10. The average Bonchev–Trinajstić information content (AvgIpc) is 2.49. The largest absolute Gasteiger partial charge is 0.388 e. The van der Waals surface area contributed by atoms with Gasteiger partial charge in [-0.25, -0.2) is 0 Å². The minimum absolute atomic E-state index is 0.0295. The lowest BCUT2D eigenvalue weighted by Gasteiger charge is -2.49. The minimum Gasteiger partial charge on any atom is -0.388 e. The van der Waals surface area contributed by atoms with Crippen LogP contribution in [-0.2, 0) is 14.3 Å². The Hall–Kier alpha value is -1.92. The number of methoxy groups -OCH3 is 1. The summed E-state index contributed by atoms with van der Waals surface area (Å²) in [7, 11) is 1.47. The molecular weight excluding hydrogens is 296 g/mol.